The first-order chi connectivity index (χ1) is 12.1. The van der Waals surface area contributed by atoms with Crippen LogP contribution in [0.1, 0.15) is 24.4 Å². The summed E-state index contributed by atoms with van der Waals surface area (Å²) in [6, 6.07) is -0.0928. The zero-order chi connectivity index (χ0) is 18.2. The monoisotopic (exact) mass is 418 g/mol. The molecule has 1 aromatic rings. The van der Waals surface area contributed by atoms with Crippen LogP contribution in [0.4, 0.5) is 0 Å². The zero-order valence-corrected chi connectivity index (χ0v) is 15.9. The molecule has 0 bridgehead atoms. The van der Waals surface area contributed by atoms with Gasteiger partial charge in [0.1, 0.15) is 13.6 Å². The summed E-state index contributed by atoms with van der Waals surface area (Å²) in [5, 5.41) is 0. The van der Waals surface area contributed by atoms with Crippen LogP contribution in [0.25, 0.3) is 6.08 Å². The highest BCUT2D eigenvalue weighted by atomic mass is 79.9. The first kappa shape index (κ1) is 20.1. The van der Waals surface area contributed by atoms with E-state index in [2.05, 4.69) is 20.9 Å². The molecule has 3 atom stereocenters. The summed E-state index contributed by atoms with van der Waals surface area (Å²) < 4.78 is 22.7. The lowest BCUT2D eigenvalue weighted by atomic mass is 10.1. The van der Waals surface area contributed by atoms with E-state index in [1.165, 1.54) is 0 Å². The van der Waals surface area contributed by atoms with Crippen molar-refractivity contribution in [1.82, 2.24) is 9.55 Å². The minimum absolute atomic E-state index is 0.0928. The second-order valence-electron chi connectivity index (χ2n) is 5.82. The van der Waals surface area contributed by atoms with Crippen molar-refractivity contribution < 1.29 is 18.9 Å². The Bertz CT molecular complexity index is 686. The van der Waals surface area contributed by atoms with Crippen molar-refractivity contribution in [2.45, 2.75) is 25.0 Å². The van der Waals surface area contributed by atoms with E-state index in [-0.39, 0.29) is 31.6 Å². The molecule has 9 heteroatoms. The zero-order valence-electron chi connectivity index (χ0n) is 14.3. The van der Waals surface area contributed by atoms with Crippen LogP contribution >= 0.6 is 15.9 Å². The Kier molecular flexibility index (Phi) is 8.04. The van der Waals surface area contributed by atoms with Crippen molar-refractivity contribution in [3.05, 3.63) is 37.6 Å². The van der Waals surface area contributed by atoms with Gasteiger partial charge in [0.25, 0.3) is 5.56 Å². The summed E-state index contributed by atoms with van der Waals surface area (Å²) in [5.41, 5.74) is -0.433. The standard InChI is InChI=1S/C16H23BrN2O6/c1-22-9-24-8-12-5-13(6-14(12)25-10-23-2)19-7-11(3-4-17)15(20)18-16(19)21/h3-4,7,12-14H,5-6,8-10H2,1-2H3,(H,18,20,21)/t12-,13-,14+/m1/s1. The van der Waals surface area contributed by atoms with E-state index < -0.39 is 11.2 Å². The molecule has 0 aliphatic heterocycles. The van der Waals surface area contributed by atoms with E-state index in [9.17, 15) is 9.59 Å². The molecule has 0 unspecified atom stereocenters. The van der Waals surface area contributed by atoms with Crippen LogP contribution in [-0.2, 0) is 18.9 Å². The molecule has 0 aromatic carbocycles. The van der Waals surface area contributed by atoms with Crippen molar-refractivity contribution in [3.8, 4) is 0 Å². The van der Waals surface area contributed by atoms with Crippen LogP contribution in [0.2, 0.25) is 0 Å². The number of hydrogen-bond acceptors (Lipinski definition) is 6. The van der Waals surface area contributed by atoms with Gasteiger partial charge in [-0.25, -0.2) is 4.79 Å². The normalized spacial score (nSPS) is 23.6. The third kappa shape index (κ3) is 5.35. The van der Waals surface area contributed by atoms with Gasteiger partial charge < -0.3 is 18.9 Å². The first-order valence-electron chi connectivity index (χ1n) is 7.90. The number of H-pyrrole nitrogens is 1. The number of ether oxygens (including phenoxy) is 4. The lowest BCUT2D eigenvalue weighted by Crippen LogP contribution is -2.32. The van der Waals surface area contributed by atoms with Gasteiger partial charge in [-0.2, -0.15) is 0 Å². The third-order valence-electron chi connectivity index (χ3n) is 4.17. The number of methoxy groups -OCH3 is 2. The molecule has 1 aromatic heterocycles. The number of aromatic nitrogens is 2. The largest absolute Gasteiger partial charge is 0.359 e. The van der Waals surface area contributed by atoms with Crippen LogP contribution < -0.4 is 11.2 Å². The first-order valence-corrected chi connectivity index (χ1v) is 8.81. The number of aromatic amines is 1. The predicted octanol–water partition coefficient (Wildman–Crippen LogP) is 1.46. The Morgan fingerprint density at radius 2 is 2.04 bits per heavy atom. The van der Waals surface area contributed by atoms with Crippen molar-refractivity contribution in [3.63, 3.8) is 0 Å². The van der Waals surface area contributed by atoms with Crippen molar-refractivity contribution in [1.29, 1.82) is 0 Å². The van der Waals surface area contributed by atoms with E-state index in [0.29, 0.717) is 25.0 Å². The van der Waals surface area contributed by atoms with E-state index >= 15 is 0 Å². The molecule has 0 radical (unpaired) electrons. The van der Waals surface area contributed by atoms with Crippen LogP contribution in [0, 0.1) is 5.92 Å². The maximum Gasteiger partial charge on any atom is 0.328 e. The van der Waals surface area contributed by atoms with Gasteiger partial charge in [-0.3, -0.25) is 14.3 Å². The molecule has 1 aliphatic rings. The molecule has 8 nitrogen and oxygen atoms in total. The predicted molar refractivity (Wildman–Crippen MR) is 95.6 cm³/mol. The average Bonchev–Trinajstić information content (AvgIpc) is 2.98. The number of rotatable bonds is 9. The van der Waals surface area contributed by atoms with E-state index in [1.807, 2.05) is 0 Å². The molecule has 0 saturated heterocycles. The summed E-state index contributed by atoms with van der Waals surface area (Å²) in [5.74, 6) is 0.101. The van der Waals surface area contributed by atoms with Gasteiger partial charge in [0, 0.05) is 32.4 Å². The molecule has 2 rings (SSSR count). The van der Waals surface area contributed by atoms with Gasteiger partial charge in [-0.15, -0.1) is 0 Å². The molecule has 1 N–H and O–H groups in total. The quantitative estimate of drug-likeness (QED) is 0.482. The highest BCUT2D eigenvalue weighted by Crippen LogP contribution is 2.36. The fourth-order valence-electron chi connectivity index (χ4n) is 3.06. The van der Waals surface area contributed by atoms with Gasteiger partial charge in [0.15, 0.2) is 0 Å². The summed E-state index contributed by atoms with van der Waals surface area (Å²) >= 11 is 3.15. The third-order valence-corrected chi connectivity index (χ3v) is 4.43. The topological polar surface area (TPSA) is 91.8 Å². The minimum atomic E-state index is -0.425. The SMILES string of the molecule is COCOC[C@H]1C[C@@H](n2cc(C=CBr)c(=O)[nH]c2=O)C[C@@H]1OCOC. The number of nitrogens with one attached hydrogen (secondary N) is 1. The van der Waals surface area contributed by atoms with Crippen LogP contribution in [0.15, 0.2) is 20.8 Å². The van der Waals surface area contributed by atoms with Gasteiger partial charge in [-0.05, 0) is 23.9 Å². The Labute approximate surface area is 153 Å². The van der Waals surface area contributed by atoms with E-state index in [0.717, 1.165) is 0 Å². The lowest BCUT2D eigenvalue weighted by Gasteiger charge is -2.19. The molecular weight excluding hydrogens is 396 g/mol. The van der Waals surface area contributed by atoms with Crippen molar-refractivity contribution >= 4 is 22.0 Å². The van der Waals surface area contributed by atoms with Gasteiger partial charge >= 0.3 is 5.69 Å². The van der Waals surface area contributed by atoms with Crippen LogP contribution in [0.5, 0.6) is 0 Å². The fourth-order valence-corrected chi connectivity index (χ4v) is 3.35. The van der Waals surface area contributed by atoms with Gasteiger partial charge in [0.2, 0.25) is 0 Å². The Morgan fingerprint density at radius 3 is 2.72 bits per heavy atom. The molecule has 1 heterocycles. The van der Waals surface area contributed by atoms with Crippen molar-refractivity contribution in [2.24, 2.45) is 5.92 Å². The molecule has 1 aliphatic carbocycles. The van der Waals surface area contributed by atoms with Crippen molar-refractivity contribution in [2.75, 3.05) is 34.4 Å². The number of halogens is 1. The molecule has 25 heavy (non-hydrogen) atoms. The Balaban J connectivity index is 2.20. The summed E-state index contributed by atoms with van der Waals surface area (Å²) in [6.45, 7) is 0.845. The minimum Gasteiger partial charge on any atom is -0.359 e. The lowest BCUT2D eigenvalue weighted by molar-refractivity contribution is -0.106. The summed E-state index contributed by atoms with van der Waals surface area (Å²) in [7, 11) is 3.13. The summed E-state index contributed by atoms with van der Waals surface area (Å²) in [4.78, 5) is 28.0. The van der Waals surface area contributed by atoms with Gasteiger partial charge in [0.05, 0.1) is 18.3 Å². The van der Waals surface area contributed by atoms with E-state index in [1.54, 1.807) is 36.0 Å². The average molecular weight is 419 g/mol. The Hall–Kier alpha value is -1.26. The molecule has 1 saturated carbocycles. The fraction of sp³-hybridized carbons (Fsp3) is 0.625. The van der Waals surface area contributed by atoms with E-state index in [4.69, 9.17) is 18.9 Å². The maximum atomic E-state index is 12.2. The smallest absolute Gasteiger partial charge is 0.328 e. The Morgan fingerprint density at radius 1 is 1.28 bits per heavy atom. The maximum absolute atomic E-state index is 12.2. The second-order valence-corrected chi connectivity index (χ2v) is 6.35. The molecular formula is C16H23BrN2O6. The van der Waals surface area contributed by atoms with Crippen LogP contribution in [0.3, 0.4) is 0 Å². The number of hydrogen-bond donors (Lipinski definition) is 1. The second kappa shape index (κ2) is 10.0. The number of nitrogens with zero attached hydrogens (tertiary/aromatic N) is 1. The molecule has 1 fully saturated rings. The van der Waals surface area contributed by atoms with Gasteiger partial charge in [-0.1, -0.05) is 15.9 Å². The molecule has 140 valence electrons. The highest BCUT2D eigenvalue weighted by Gasteiger charge is 2.36. The summed E-state index contributed by atoms with van der Waals surface area (Å²) in [6.07, 6.45) is 4.41. The van der Waals surface area contributed by atoms with Crippen LogP contribution in [-0.4, -0.2) is 50.1 Å². The molecule has 0 amide bonds. The highest BCUT2D eigenvalue weighted by molar-refractivity contribution is 9.11. The molecule has 0 spiro atoms.